The summed E-state index contributed by atoms with van der Waals surface area (Å²) in [5.41, 5.74) is 0.661. The molecule has 1 amide bonds. The van der Waals surface area contributed by atoms with Crippen molar-refractivity contribution in [3.8, 4) is 0 Å². The van der Waals surface area contributed by atoms with E-state index in [-0.39, 0.29) is 11.9 Å². The van der Waals surface area contributed by atoms with E-state index in [1.54, 1.807) is 12.1 Å². The molecule has 0 N–H and O–H groups in total. The van der Waals surface area contributed by atoms with Gasteiger partial charge in [0.2, 0.25) is 0 Å². The molecule has 1 aromatic rings. The third-order valence-electron chi connectivity index (χ3n) is 4.05. The number of halogens is 1. The molecular weight excluding hydrogens is 272 g/mol. The van der Waals surface area contributed by atoms with Gasteiger partial charge in [0.15, 0.2) is 0 Å². The quantitative estimate of drug-likeness (QED) is 0.833. The molecule has 4 heteroatoms. The number of hydrogen-bond acceptors (Lipinski definition) is 2. The van der Waals surface area contributed by atoms with Gasteiger partial charge in [-0.05, 0) is 43.6 Å². The highest BCUT2D eigenvalue weighted by Crippen LogP contribution is 2.19. The number of carbonyl (C=O) groups excluding carboxylic acids is 1. The first-order valence-corrected chi connectivity index (χ1v) is 7.62. The van der Waals surface area contributed by atoms with Crippen LogP contribution in [0.1, 0.15) is 30.6 Å². The van der Waals surface area contributed by atoms with Gasteiger partial charge in [-0.1, -0.05) is 31.5 Å². The van der Waals surface area contributed by atoms with E-state index in [1.165, 1.54) is 6.42 Å². The fourth-order valence-corrected chi connectivity index (χ4v) is 2.78. The molecule has 1 heterocycles. The summed E-state index contributed by atoms with van der Waals surface area (Å²) in [5, 5.41) is 0.605. The maximum Gasteiger partial charge on any atom is 0.253 e. The number of benzene rings is 1. The minimum absolute atomic E-state index is 0.0479. The lowest BCUT2D eigenvalue weighted by Gasteiger charge is -2.39. The highest BCUT2D eigenvalue weighted by molar-refractivity contribution is 6.30. The molecule has 2 rings (SSSR count). The minimum Gasteiger partial charge on any atom is -0.337 e. The lowest BCUT2D eigenvalue weighted by atomic mass is 10.00. The summed E-state index contributed by atoms with van der Waals surface area (Å²) < 4.78 is 0. The van der Waals surface area contributed by atoms with Crippen LogP contribution in [0.5, 0.6) is 0 Å². The van der Waals surface area contributed by atoms with Crippen LogP contribution in [0.25, 0.3) is 0 Å². The molecule has 1 saturated heterocycles. The molecule has 0 aliphatic carbocycles. The molecule has 0 bridgehead atoms. The van der Waals surface area contributed by atoms with E-state index in [0.29, 0.717) is 16.5 Å². The molecule has 110 valence electrons. The molecular formula is C16H23ClN2O. The normalized spacial score (nSPS) is 16.9. The Balaban J connectivity index is 2.09. The summed E-state index contributed by atoms with van der Waals surface area (Å²) in [5.74, 6) is 0.482. The van der Waals surface area contributed by atoms with Crippen LogP contribution < -0.4 is 0 Å². The monoisotopic (exact) mass is 294 g/mol. The second kappa shape index (κ2) is 6.59. The van der Waals surface area contributed by atoms with E-state index < -0.39 is 0 Å². The van der Waals surface area contributed by atoms with Crippen molar-refractivity contribution in [3.05, 3.63) is 34.9 Å². The number of nitrogens with zero attached hydrogens (tertiary/aromatic N) is 2. The van der Waals surface area contributed by atoms with Crippen LogP contribution in [-0.2, 0) is 0 Å². The van der Waals surface area contributed by atoms with Crippen molar-refractivity contribution in [2.75, 3.05) is 26.7 Å². The number of likely N-dealkylation sites (N-methyl/N-ethyl adjacent to an activating group) is 1. The van der Waals surface area contributed by atoms with Crippen molar-refractivity contribution < 1.29 is 4.79 Å². The Kier molecular flexibility index (Phi) is 5.06. The van der Waals surface area contributed by atoms with Crippen LogP contribution in [0.3, 0.4) is 0 Å². The fourth-order valence-electron chi connectivity index (χ4n) is 2.59. The van der Waals surface area contributed by atoms with Crippen molar-refractivity contribution in [1.29, 1.82) is 0 Å². The van der Waals surface area contributed by atoms with Crippen molar-refractivity contribution in [2.24, 2.45) is 5.92 Å². The maximum atomic E-state index is 12.6. The van der Waals surface area contributed by atoms with E-state index in [1.807, 2.05) is 24.1 Å². The van der Waals surface area contributed by atoms with Gasteiger partial charge in [0.05, 0.1) is 0 Å². The molecule has 1 fully saturated rings. The average molecular weight is 295 g/mol. The first-order valence-electron chi connectivity index (χ1n) is 7.24. The Morgan fingerprint density at radius 3 is 2.60 bits per heavy atom. The van der Waals surface area contributed by atoms with Crippen LogP contribution in [0.4, 0.5) is 0 Å². The minimum atomic E-state index is 0.0479. The third-order valence-corrected chi connectivity index (χ3v) is 4.29. The van der Waals surface area contributed by atoms with Gasteiger partial charge in [-0.15, -0.1) is 0 Å². The zero-order valence-corrected chi connectivity index (χ0v) is 13.2. The van der Waals surface area contributed by atoms with Crippen LogP contribution in [0.15, 0.2) is 24.3 Å². The van der Waals surface area contributed by atoms with E-state index in [2.05, 4.69) is 18.7 Å². The van der Waals surface area contributed by atoms with E-state index >= 15 is 0 Å². The van der Waals surface area contributed by atoms with Crippen molar-refractivity contribution in [2.45, 2.75) is 26.3 Å². The van der Waals surface area contributed by atoms with Gasteiger partial charge in [0, 0.05) is 30.2 Å². The second-order valence-corrected chi connectivity index (χ2v) is 6.33. The van der Waals surface area contributed by atoms with Gasteiger partial charge >= 0.3 is 0 Å². The number of amides is 1. The summed E-state index contributed by atoms with van der Waals surface area (Å²) in [6.07, 6.45) is 1.27. The average Bonchev–Trinajstić information content (AvgIpc) is 2.35. The number of carbonyl (C=O) groups is 1. The molecule has 1 aromatic carbocycles. The number of likely N-dealkylation sites (tertiary alicyclic amines) is 1. The summed E-state index contributed by atoms with van der Waals surface area (Å²) in [6.45, 7) is 7.61. The lowest BCUT2D eigenvalue weighted by Crippen LogP contribution is -2.51. The molecule has 0 aromatic heterocycles. The van der Waals surface area contributed by atoms with Crippen LogP contribution in [-0.4, -0.2) is 48.4 Å². The first-order chi connectivity index (χ1) is 9.49. The molecule has 0 spiro atoms. The predicted molar refractivity (Wildman–Crippen MR) is 83.2 cm³/mol. The van der Waals surface area contributed by atoms with Gasteiger partial charge in [-0.25, -0.2) is 0 Å². The maximum absolute atomic E-state index is 12.6. The molecule has 1 aliphatic heterocycles. The standard InChI is InChI=1S/C16H23ClN2O/c1-12(2)15(11-19-8-5-9-19)18(3)16(20)13-6-4-7-14(17)10-13/h4,6-7,10,12,15H,5,8-9,11H2,1-3H3/t15-/m1/s1. The van der Waals surface area contributed by atoms with Crippen LogP contribution in [0, 0.1) is 5.92 Å². The van der Waals surface area contributed by atoms with E-state index in [0.717, 1.165) is 19.6 Å². The summed E-state index contributed by atoms with van der Waals surface area (Å²) >= 11 is 5.97. The highest BCUT2D eigenvalue weighted by Gasteiger charge is 2.27. The third kappa shape index (κ3) is 3.53. The largest absolute Gasteiger partial charge is 0.337 e. The van der Waals surface area contributed by atoms with Gasteiger partial charge in [0.1, 0.15) is 0 Å². The topological polar surface area (TPSA) is 23.6 Å². The Morgan fingerprint density at radius 1 is 1.40 bits per heavy atom. The zero-order valence-electron chi connectivity index (χ0n) is 12.5. The lowest BCUT2D eigenvalue weighted by molar-refractivity contribution is 0.0564. The van der Waals surface area contributed by atoms with E-state index in [9.17, 15) is 4.79 Å². The first kappa shape index (κ1) is 15.3. The number of rotatable bonds is 5. The Labute approximate surface area is 126 Å². The van der Waals surface area contributed by atoms with Crippen molar-refractivity contribution >= 4 is 17.5 Å². The molecule has 3 nitrogen and oxygen atoms in total. The Bertz CT molecular complexity index is 471. The smallest absolute Gasteiger partial charge is 0.253 e. The molecule has 20 heavy (non-hydrogen) atoms. The summed E-state index contributed by atoms with van der Waals surface area (Å²) in [4.78, 5) is 16.9. The van der Waals surface area contributed by atoms with Crippen molar-refractivity contribution in [1.82, 2.24) is 9.80 Å². The van der Waals surface area contributed by atoms with Gasteiger partial charge in [0.25, 0.3) is 5.91 Å². The summed E-state index contributed by atoms with van der Waals surface area (Å²) in [7, 11) is 1.90. The Hall–Kier alpha value is -1.06. The second-order valence-electron chi connectivity index (χ2n) is 5.89. The van der Waals surface area contributed by atoms with Gasteiger partial charge < -0.3 is 9.80 Å². The summed E-state index contributed by atoms with van der Waals surface area (Å²) in [6, 6.07) is 7.41. The predicted octanol–water partition coefficient (Wildman–Crippen LogP) is 3.14. The highest BCUT2D eigenvalue weighted by atomic mass is 35.5. The molecule has 1 aliphatic rings. The van der Waals surface area contributed by atoms with Gasteiger partial charge in [-0.2, -0.15) is 0 Å². The SMILES string of the molecule is CC(C)[C@@H](CN1CCC1)N(C)C(=O)c1cccc(Cl)c1. The Morgan fingerprint density at radius 2 is 2.10 bits per heavy atom. The molecule has 0 radical (unpaired) electrons. The van der Waals surface area contributed by atoms with Crippen molar-refractivity contribution in [3.63, 3.8) is 0 Å². The molecule has 1 atom stereocenters. The van der Waals surface area contributed by atoms with Crippen LogP contribution in [0.2, 0.25) is 5.02 Å². The number of hydrogen-bond donors (Lipinski definition) is 0. The van der Waals surface area contributed by atoms with E-state index in [4.69, 9.17) is 11.6 Å². The fraction of sp³-hybridized carbons (Fsp3) is 0.562. The van der Waals surface area contributed by atoms with Gasteiger partial charge in [-0.3, -0.25) is 4.79 Å². The molecule has 0 saturated carbocycles. The molecule has 0 unspecified atom stereocenters. The zero-order chi connectivity index (χ0) is 14.7. The van der Waals surface area contributed by atoms with Crippen LogP contribution >= 0.6 is 11.6 Å².